The first-order valence-corrected chi connectivity index (χ1v) is 4.61. The standard InChI is InChI=1S/C10H8NS/c1-2-6-11-9(4-1)8-10-5-3-7-12-10/h1-6H,8H2. The van der Waals surface area contributed by atoms with E-state index in [0.29, 0.717) is 0 Å². The van der Waals surface area contributed by atoms with Gasteiger partial charge in [-0.1, -0.05) is 6.07 Å². The van der Waals surface area contributed by atoms with Gasteiger partial charge >= 0.3 is 0 Å². The largest absolute Gasteiger partial charge is 0.261 e. The highest BCUT2D eigenvalue weighted by molar-refractivity contribution is 7.09. The van der Waals surface area contributed by atoms with Gasteiger partial charge in [-0.15, -0.1) is 11.3 Å². The zero-order chi connectivity index (χ0) is 8.23. The second-order valence-electron chi connectivity index (χ2n) is 2.52. The van der Waals surface area contributed by atoms with Crippen molar-refractivity contribution in [2.75, 3.05) is 0 Å². The van der Waals surface area contributed by atoms with Gasteiger partial charge in [-0.2, -0.15) is 0 Å². The summed E-state index contributed by atoms with van der Waals surface area (Å²) in [4.78, 5) is 5.56. The van der Waals surface area contributed by atoms with Gasteiger partial charge in [-0.3, -0.25) is 4.98 Å². The number of rotatable bonds is 2. The fraction of sp³-hybridized carbons (Fsp3) is 0.100. The summed E-state index contributed by atoms with van der Waals surface area (Å²) in [5.41, 5.74) is 1.12. The maximum absolute atomic E-state index is 4.25. The molecule has 1 radical (unpaired) electrons. The lowest BCUT2D eigenvalue weighted by molar-refractivity contribution is 1.10. The summed E-state index contributed by atoms with van der Waals surface area (Å²) in [5.74, 6) is 0. The van der Waals surface area contributed by atoms with E-state index in [4.69, 9.17) is 0 Å². The average Bonchev–Trinajstić information content (AvgIpc) is 2.59. The molecular weight excluding hydrogens is 166 g/mol. The Kier molecular flexibility index (Phi) is 2.19. The molecule has 12 heavy (non-hydrogen) atoms. The molecule has 0 aromatic carbocycles. The van der Waals surface area contributed by atoms with Crippen molar-refractivity contribution in [3.05, 3.63) is 52.5 Å². The van der Waals surface area contributed by atoms with Gasteiger partial charge in [0.15, 0.2) is 0 Å². The van der Waals surface area contributed by atoms with Crippen molar-refractivity contribution < 1.29 is 0 Å². The molecule has 0 saturated carbocycles. The van der Waals surface area contributed by atoms with Crippen molar-refractivity contribution in [1.82, 2.24) is 4.98 Å². The van der Waals surface area contributed by atoms with Gasteiger partial charge in [-0.25, -0.2) is 0 Å². The fourth-order valence-electron chi connectivity index (χ4n) is 1.05. The van der Waals surface area contributed by atoms with E-state index in [-0.39, 0.29) is 0 Å². The quantitative estimate of drug-likeness (QED) is 0.681. The van der Waals surface area contributed by atoms with Gasteiger partial charge in [0.05, 0.1) is 0 Å². The summed E-state index contributed by atoms with van der Waals surface area (Å²) in [5, 5.41) is 3.06. The number of hydrogen-bond donors (Lipinski definition) is 0. The molecule has 2 rings (SSSR count). The van der Waals surface area contributed by atoms with Gasteiger partial charge in [0.25, 0.3) is 0 Å². The van der Waals surface area contributed by atoms with Crippen LogP contribution < -0.4 is 0 Å². The lowest BCUT2D eigenvalue weighted by atomic mass is 10.2. The number of hydrogen-bond acceptors (Lipinski definition) is 2. The van der Waals surface area contributed by atoms with Crippen LogP contribution in [0.1, 0.15) is 10.6 Å². The molecule has 1 nitrogen and oxygen atoms in total. The summed E-state index contributed by atoms with van der Waals surface area (Å²) in [6.45, 7) is 0. The smallest absolute Gasteiger partial charge is 0.0455 e. The first-order chi connectivity index (χ1) is 5.95. The molecule has 0 atom stereocenters. The first kappa shape index (κ1) is 7.50. The predicted molar refractivity (Wildman–Crippen MR) is 50.2 cm³/mol. The molecule has 2 aromatic rings. The van der Waals surface area contributed by atoms with Crippen molar-refractivity contribution >= 4 is 11.3 Å². The van der Waals surface area contributed by atoms with E-state index in [0.717, 1.165) is 12.1 Å². The Bertz CT molecular complexity index is 326. The summed E-state index contributed by atoms with van der Waals surface area (Å²) in [6.07, 6.45) is 2.75. The maximum Gasteiger partial charge on any atom is 0.0455 e. The van der Waals surface area contributed by atoms with Gasteiger partial charge in [-0.05, 0) is 24.3 Å². The van der Waals surface area contributed by atoms with Crippen LogP contribution in [-0.4, -0.2) is 4.98 Å². The van der Waals surface area contributed by atoms with E-state index >= 15 is 0 Å². The molecular formula is C10H8NS. The lowest BCUT2D eigenvalue weighted by Crippen LogP contribution is -1.87. The molecule has 0 saturated heterocycles. The molecule has 0 amide bonds. The second-order valence-corrected chi connectivity index (χ2v) is 3.48. The highest BCUT2D eigenvalue weighted by Crippen LogP contribution is 2.11. The average molecular weight is 174 g/mol. The molecule has 2 heterocycles. The number of pyridine rings is 1. The van der Waals surface area contributed by atoms with Crippen LogP contribution in [0.2, 0.25) is 0 Å². The van der Waals surface area contributed by atoms with E-state index in [1.807, 2.05) is 30.5 Å². The van der Waals surface area contributed by atoms with E-state index in [1.54, 1.807) is 11.3 Å². The molecule has 0 fully saturated rings. The van der Waals surface area contributed by atoms with Gasteiger partial charge in [0, 0.05) is 28.6 Å². The molecule has 0 spiro atoms. The minimum atomic E-state index is 0.926. The molecule has 2 aromatic heterocycles. The highest BCUT2D eigenvalue weighted by Gasteiger charge is 1.96. The van der Waals surface area contributed by atoms with E-state index in [1.165, 1.54) is 4.88 Å². The summed E-state index contributed by atoms with van der Waals surface area (Å²) >= 11 is 1.65. The lowest BCUT2D eigenvalue weighted by Gasteiger charge is -1.94. The minimum absolute atomic E-state index is 0.926. The number of aromatic nitrogens is 1. The van der Waals surface area contributed by atoms with Crippen LogP contribution in [0, 0.1) is 5.38 Å². The molecule has 59 valence electrons. The summed E-state index contributed by atoms with van der Waals surface area (Å²) in [6, 6.07) is 10.0. The summed E-state index contributed by atoms with van der Waals surface area (Å²) in [7, 11) is 0. The Balaban J connectivity index is 2.15. The van der Waals surface area contributed by atoms with Crippen molar-refractivity contribution in [1.29, 1.82) is 0 Å². The van der Waals surface area contributed by atoms with Gasteiger partial charge in [0.2, 0.25) is 0 Å². The van der Waals surface area contributed by atoms with Crippen molar-refractivity contribution in [3.8, 4) is 0 Å². The third-order valence-corrected chi connectivity index (χ3v) is 2.41. The highest BCUT2D eigenvalue weighted by atomic mass is 32.1. The predicted octanol–water partition coefficient (Wildman–Crippen LogP) is 2.53. The number of thiophene rings is 1. The second kappa shape index (κ2) is 3.50. The van der Waals surface area contributed by atoms with Crippen LogP contribution in [0.15, 0.2) is 36.5 Å². The zero-order valence-electron chi connectivity index (χ0n) is 6.53. The molecule has 2 heteroatoms. The normalized spacial score (nSPS) is 10.0. The molecule has 0 aliphatic rings. The Labute approximate surface area is 75.7 Å². The van der Waals surface area contributed by atoms with Crippen LogP contribution in [-0.2, 0) is 6.42 Å². The maximum atomic E-state index is 4.25. The Morgan fingerprint density at radius 3 is 3.00 bits per heavy atom. The fourth-order valence-corrected chi connectivity index (χ4v) is 1.69. The van der Waals surface area contributed by atoms with Crippen LogP contribution in [0.5, 0.6) is 0 Å². The van der Waals surface area contributed by atoms with Crippen LogP contribution in [0.4, 0.5) is 0 Å². The van der Waals surface area contributed by atoms with E-state index in [2.05, 4.69) is 16.4 Å². The molecule has 0 aliphatic heterocycles. The minimum Gasteiger partial charge on any atom is -0.261 e. The third-order valence-electron chi connectivity index (χ3n) is 1.61. The zero-order valence-corrected chi connectivity index (χ0v) is 7.34. The number of nitrogens with zero attached hydrogens (tertiary/aromatic N) is 1. The molecule has 0 unspecified atom stereocenters. The SMILES string of the molecule is [c]1ccc(Cc2ccccn2)s1. The van der Waals surface area contributed by atoms with Crippen LogP contribution in [0.3, 0.4) is 0 Å². The first-order valence-electron chi connectivity index (χ1n) is 3.80. The monoisotopic (exact) mass is 174 g/mol. The van der Waals surface area contributed by atoms with Gasteiger partial charge in [0.1, 0.15) is 0 Å². The Morgan fingerprint density at radius 1 is 1.33 bits per heavy atom. The molecule has 0 aliphatic carbocycles. The Hall–Kier alpha value is -1.15. The van der Waals surface area contributed by atoms with E-state index < -0.39 is 0 Å². The van der Waals surface area contributed by atoms with Crippen LogP contribution in [0.25, 0.3) is 0 Å². The molecule has 0 N–H and O–H groups in total. The third kappa shape index (κ3) is 1.71. The van der Waals surface area contributed by atoms with Crippen LogP contribution >= 0.6 is 11.3 Å². The van der Waals surface area contributed by atoms with E-state index in [9.17, 15) is 0 Å². The Morgan fingerprint density at radius 2 is 2.33 bits per heavy atom. The van der Waals surface area contributed by atoms with Gasteiger partial charge < -0.3 is 0 Å². The van der Waals surface area contributed by atoms with Crippen molar-refractivity contribution in [2.45, 2.75) is 6.42 Å². The van der Waals surface area contributed by atoms with Crippen molar-refractivity contribution in [3.63, 3.8) is 0 Å². The topological polar surface area (TPSA) is 12.9 Å². The van der Waals surface area contributed by atoms with Crippen molar-refractivity contribution in [2.24, 2.45) is 0 Å². The summed E-state index contributed by atoms with van der Waals surface area (Å²) < 4.78 is 0. The molecule has 0 bridgehead atoms.